The van der Waals surface area contributed by atoms with Crippen molar-refractivity contribution >= 4 is 0 Å². The molecule has 3 aromatic rings. The van der Waals surface area contributed by atoms with Gasteiger partial charge in [0.2, 0.25) is 0 Å². The average molecular weight is 422 g/mol. The van der Waals surface area contributed by atoms with Crippen LogP contribution in [0.25, 0.3) is 0 Å². The smallest absolute Gasteiger partial charge is 0.118 e. The van der Waals surface area contributed by atoms with Gasteiger partial charge in [-0.2, -0.15) is 0 Å². The van der Waals surface area contributed by atoms with Gasteiger partial charge in [0.05, 0.1) is 26.9 Å². The summed E-state index contributed by atoms with van der Waals surface area (Å²) in [7, 11) is 3.29. The van der Waals surface area contributed by atoms with Gasteiger partial charge < -0.3 is 24.6 Å². The van der Waals surface area contributed by atoms with Crippen LogP contribution < -0.4 is 14.8 Å². The minimum absolute atomic E-state index is 0.148. The summed E-state index contributed by atoms with van der Waals surface area (Å²) in [6.07, 6.45) is -0.942. The second kappa shape index (κ2) is 11.5. The Balaban J connectivity index is 1.64. The Morgan fingerprint density at radius 3 is 1.74 bits per heavy atom. The highest BCUT2D eigenvalue weighted by Gasteiger charge is 2.18. The Morgan fingerprint density at radius 2 is 1.26 bits per heavy atom. The van der Waals surface area contributed by atoms with Crippen LogP contribution in [0.3, 0.4) is 0 Å². The quantitative estimate of drug-likeness (QED) is 0.477. The molecule has 2 atom stereocenters. The first kappa shape index (κ1) is 22.8. The van der Waals surface area contributed by atoms with E-state index in [1.165, 1.54) is 5.56 Å². The second-order valence-corrected chi connectivity index (χ2v) is 7.45. The van der Waals surface area contributed by atoms with Crippen LogP contribution >= 0.6 is 0 Å². The number of nitrogens with one attached hydrogen (secondary N) is 1. The van der Waals surface area contributed by atoms with Crippen LogP contribution in [0.1, 0.15) is 35.8 Å². The van der Waals surface area contributed by atoms with Crippen LogP contribution in [0.2, 0.25) is 0 Å². The molecule has 5 nitrogen and oxygen atoms in total. The molecular formula is C26H31NO4. The molecule has 31 heavy (non-hydrogen) atoms. The van der Waals surface area contributed by atoms with Crippen molar-refractivity contribution in [2.45, 2.75) is 25.2 Å². The highest BCUT2D eigenvalue weighted by Crippen LogP contribution is 2.29. The van der Waals surface area contributed by atoms with Gasteiger partial charge in [-0.15, -0.1) is 0 Å². The average Bonchev–Trinajstić information content (AvgIpc) is 2.84. The molecule has 0 saturated carbocycles. The van der Waals surface area contributed by atoms with Crippen LogP contribution in [0.5, 0.6) is 11.5 Å². The largest absolute Gasteiger partial charge is 0.497 e. The second-order valence-electron chi connectivity index (χ2n) is 7.45. The fourth-order valence-corrected chi connectivity index (χ4v) is 3.38. The van der Waals surface area contributed by atoms with Crippen molar-refractivity contribution in [2.24, 2.45) is 0 Å². The van der Waals surface area contributed by atoms with Gasteiger partial charge in [0.1, 0.15) is 17.6 Å². The molecule has 0 aromatic heterocycles. The number of ether oxygens (including phenoxy) is 3. The van der Waals surface area contributed by atoms with Crippen LogP contribution in [0, 0.1) is 0 Å². The lowest BCUT2D eigenvalue weighted by atomic mass is 10.0. The Bertz CT molecular complexity index is 849. The van der Waals surface area contributed by atoms with Crippen molar-refractivity contribution in [1.29, 1.82) is 0 Å². The first-order valence-corrected chi connectivity index (χ1v) is 10.5. The Kier molecular flexibility index (Phi) is 8.47. The van der Waals surface area contributed by atoms with Crippen LogP contribution in [-0.2, 0) is 4.74 Å². The topological polar surface area (TPSA) is 60.0 Å². The number of hydrogen-bond acceptors (Lipinski definition) is 5. The van der Waals surface area contributed by atoms with Crippen molar-refractivity contribution in [3.8, 4) is 11.5 Å². The highest BCUT2D eigenvalue weighted by molar-refractivity contribution is 5.36. The van der Waals surface area contributed by atoms with Crippen molar-refractivity contribution in [3.63, 3.8) is 0 Å². The van der Waals surface area contributed by atoms with Gasteiger partial charge in [-0.05, 0) is 47.9 Å². The van der Waals surface area contributed by atoms with E-state index in [4.69, 9.17) is 14.2 Å². The minimum Gasteiger partial charge on any atom is -0.497 e. The van der Waals surface area contributed by atoms with E-state index in [-0.39, 0.29) is 18.8 Å². The molecule has 2 N–H and O–H groups in total. The van der Waals surface area contributed by atoms with Crippen molar-refractivity contribution in [2.75, 3.05) is 27.4 Å². The lowest BCUT2D eigenvalue weighted by molar-refractivity contribution is 0.00575. The van der Waals surface area contributed by atoms with Gasteiger partial charge in [-0.1, -0.05) is 54.6 Å². The maximum absolute atomic E-state index is 10.5. The molecule has 0 fully saturated rings. The molecule has 3 rings (SSSR count). The van der Waals surface area contributed by atoms with E-state index in [0.717, 1.165) is 22.6 Å². The maximum atomic E-state index is 10.5. The lowest BCUT2D eigenvalue weighted by Crippen LogP contribution is -2.32. The Labute approximate surface area is 184 Å². The van der Waals surface area contributed by atoms with Crippen LogP contribution in [0.4, 0.5) is 0 Å². The normalized spacial score (nSPS) is 13.1. The lowest BCUT2D eigenvalue weighted by Gasteiger charge is -2.23. The number of aliphatic hydroxyl groups is 1. The number of benzene rings is 3. The van der Waals surface area contributed by atoms with Crippen molar-refractivity contribution in [3.05, 3.63) is 95.6 Å². The standard InChI is InChI=1S/C26H31NO4/c1-19(20-7-5-4-6-8-20)27-17-23(28)18-31-26(21-9-13-24(29-2)14-10-21)22-11-15-25(30-3)16-12-22/h4-16,19,23,26-28H,17-18H2,1-3H3/t19-,23-/m1/s1. The van der Waals surface area contributed by atoms with E-state index in [1.54, 1.807) is 14.2 Å². The van der Waals surface area contributed by atoms with Crippen LogP contribution in [-0.4, -0.2) is 38.6 Å². The Hall–Kier alpha value is -2.86. The van der Waals surface area contributed by atoms with Crippen molar-refractivity contribution < 1.29 is 19.3 Å². The summed E-state index contributed by atoms with van der Waals surface area (Å²) in [5, 5.41) is 13.9. The van der Waals surface area contributed by atoms with Crippen LogP contribution in [0.15, 0.2) is 78.9 Å². The third kappa shape index (κ3) is 6.56. The monoisotopic (exact) mass is 421 g/mol. The summed E-state index contributed by atoms with van der Waals surface area (Å²) >= 11 is 0. The third-order valence-corrected chi connectivity index (χ3v) is 5.25. The number of rotatable bonds is 11. The fourth-order valence-electron chi connectivity index (χ4n) is 3.38. The summed E-state index contributed by atoms with van der Waals surface area (Å²) in [4.78, 5) is 0. The summed E-state index contributed by atoms with van der Waals surface area (Å²) in [5.74, 6) is 1.58. The van der Waals surface area contributed by atoms with Gasteiger partial charge in [-0.25, -0.2) is 0 Å². The fraction of sp³-hybridized carbons (Fsp3) is 0.308. The molecule has 0 aliphatic heterocycles. The van der Waals surface area contributed by atoms with E-state index >= 15 is 0 Å². The predicted molar refractivity (Wildman–Crippen MR) is 123 cm³/mol. The van der Waals surface area contributed by atoms with E-state index in [1.807, 2.05) is 66.7 Å². The summed E-state index contributed by atoms with van der Waals surface area (Å²) in [6.45, 7) is 2.73. The maximum Gasteiger partial charge on any atom is 0.118 e. The molecule has 164 valence electrons. The molecule has 0 heterocycles. The number of methoxy groups -OCH3 is 2. The molecule has 0 unspecified atom stereocenters. The van der Waals surface area contributed by atoms with Gasteiger partial charge in [-0.3, -0.25) is 0 Å². The van der Waals surface area contributed by atoms with Gasteiger partial charge in [0, 0.05) is 12.6 Å². The van der Waals surface area contributed by atoms with E-state index in [0.29, 0.717) is 6.54 Å². The molecular weight excluding hydrogens is 390 g/mol. The first-order chi connectivity index (χ1) is 15.1. The molecule has 0 aliphatic carbocycles. The first-order valence-electron chi connectivity index (χ1n) is 10.5. The molecule has 0 bridgehead atoms. The Morgan fingerprint density at radius 1 is 0.742 bits per heavy atom. The SMILES string of the molecule is COc1ccc(C(OC[C@H](O)CN[C@H](C)c2ccccc2)c2ccc(OC)cc2)cc1. The minimum atomic E-state index is -0.634. The third-order valence-electron chi connectivity index (χ3n) is 5.25. The number of hydrogen-bond donors (Lipinski definition) is 2. The molecule has 0 aliphatic rings. The van der Waals surface area contributed by atoms with E-state index in [2.05, 4.69) is 24.4 Å². The van der Waals surface area contributed by atoms with Gasteiger partial charge >= 0.3 is 0 Å². The zero-order valence-electron chi connectivity index (χ0n) is 18.3. The highest BCUT2D eigenvalue weighted by atomic mass is 16.5. The predicted octanol–water partition coefficient (Wildman–Crippen LogP) is 4.52. The van der Waals surface area contributed by atoms with Crippen molar-refractivity contribution in [1.82, 2.24) is 5.32 Å². The summed E-state index contributed by atoms with van der Waals surface area (Å²) in [5.41, 5.74) is 3.16. The molecule has 3 aromatic carbocycles. The number of aliphatic hydroxyl groups excluding tert-OH is 1. The summed E-state index contributed by atoms with van der Waals surface area (Å²) in [6, 6.07) is 25.9. The van der Waals surface area contributed by atoms with E-state index < -0.39 is 6.10 Å². The van der Waals surface area contributed by atoms with Gasteiger partial charge in [0.25, 0.3) is 0 Å². The molecule has 0 amide bonds. The van der Waals surface area contributed by atoms with E-state index in [9.17, 15) is 5.11 Å². The van der Waals surface area contributed by atoms with Gasteiger partial charge in [0.15, 0.2) is 0 Å². The molecule has 5 heteroatoms. The zero-order valence-corrected chi connectivity index (χ0v) is 18.3. The molecule has 0 saturated heterocycles. The zero-order chi connectivity index (χ0) is 22.1. The molecule has 0 radical (unpaired) electrons. The summed E-state index contributed by atoms with van der Waals surface area (Å²) < 4.78 is 16.7. The molecule has 0 spiro atoms.